The van der Waals surface area contributed by atoms with Gasteiger partial charge in [-0.25, -0.2) is 0 Å². The zero-order valence-corrected chi connectivity index (χ0v) is 13.1. The van der Waals surface area contributed by atoms with Crippen LogP contribution in [-0.4, -0.2) is 19.0 Å². The van der Waals surface area contributed by atoms with Gasteiger partial charge in [-0.05, 0) is 25.7 Å². The minimum Gasteiger partial charge on any atom is -0.350 e. The third-order valence-electron chi connectivity index (χ3n) is 3.21. The number of unbranched alkanes of at least 4 members (excludes halogenated alkanes) is 3. The van der Waals surface area contributed by atoms with Gasteiger partial charge in [0.2, 0.25) is 0 Å². The summed E-state index contributed by atoms with van der Waals surface area (Å²) in [5.74, 6) is -0.294. The van der Waals surface area contributed by atoms with E-state index >= 15 is 0 Å². The highest BCUT2D eigenvalue weighted by atomic mass is 16.7. The Morgan fingerprint density at radius 2 is 1.11 bits per heavy atom. The van der Waals surface area contributed by atoms with Gasteiger partial charge in [-0.15, -0.1) is 0 Å². The molecule has 0 aliphatic carbocycles. The average Bonchev–Trinajstić information content (AvgIpc) is 2.40. The highest BCUT2D eigenvalue weighted by Crippen LogP contribution is 2.28. The maximum absolute atomic E-state index is 6.11. The van der Waals surface area contributed by atoms with Crippen molar-refractivity contribution >= 4 is 0 Å². The van der Waals surface area contributed by atoms with Crippen LogP contribution in [0.5, 0.6) is 0 Å². The molecular weight excluding hydrogens is 224 g/mol. The summed E-state index contributed by atoms with van der Waals surface area (Å²) in [5.41, 5.74) is 0. The summed E-state index contributed by atoms with van der Waals surface area (Å²) in [5, 5.41) is 0. The standard InChI is InChI=1S/C16H34O2/c1-5-9-11-13-16(12-10-6-2,17-14-7-3)18-15-8-4/h5-15H2,1-4H3. The fourth-order valence-electron chi connectivity index (χ4n) is 2.12. The Morgan fingerprint density at radius 3 is 1.56 bits per heavy atom. The summed E-state index contributed by atoms with van der Waals surface area (Å²) >= 11 is 0. The topological polar surface area (TPSA) is 18.5 Å². The van der Waals surface area contributed by atoms with Crippen LogP contribution in [0.15, 0.2) is 0 Å². The van der Waals surface area contributed by atoms with E-state index in [9.17, 15) is 0 Å². The Labute approximate surface area is 114 Å². The SMILES string of the molecule is CCCCCC(CCCC)(OCCC)OCCC. The van der Waals surface area contributed by atoms with Gasteiger partial charge in [0.25, 0.3) is 0 Å². The largest absolute Gasteiger partial charge is 0.350 e. The lowest BCUT2D eigenvalue weighted by Crippen LogP contribution is -2.37. The Kier molecular flexibility index (Phi) is 11.9. The smallest absolute Gasteiger partial charge is 0.168 e. The zero-order valence-electron chi connectivity index (χ0n) is 13.1. The molecule has 2 nitrogen and oxygen atoms in total. The molecule has 0 fully saturated rings. The lowest BCUT2D eigenvalue weighted by molar-refractivity contribution is -0.246. The Balaban J connectivity index is 4.41. The summed E-state index contributed by atoms with van der Waals surface area (Å²) in [4.78, 5) is 0. The van der Waals surface area contributed by atoms with Crippen LogP contribution < -0.4 is 0 Å². The first-order valence-corrected chi connectivity index (χ1v) is 8.02. The second-order valence-corrected chi connectivity index (χ2v) is 5.17. The monoisotopic (exact) mass is 258 g/mol. The molecule has 18 heavy (non-hydrogen) atoms. The van der Waals surface area contributed by atoms with Crippen LogP contribution in [-0.2, 0) is 9.47 Å². The van der Waals surface area contributed by atoms with E-state index in [1.165, 1.54) is 32.1 Å². The lowest BCUT2D eigenvalue weighted by atomic mass is 10.0. The quantitative estimate of drug-likeness (QED) is 0.329. The molecule has 0 bridgehead atoms. The van der Waals surface area contributed by atoms with E-state index in [1.807, 2.05) is 0 Å². The van der Waals surface area contributed by atoms with Crippen molar-refractivity contribution in [2.45, 2.75) is 91.3 Å². The summed E-state index contributed by atoms with van der Waals surface area (Å²) in [6.07, 6.45) is 10.4. The van der Waals surface area contributed by atoms with Crippen LogP contribution in [0.1, 0.15) is 85.5 Å². The van der Waals surface area contributed by atoms with Gasteiger partial charge in [-0.3, -0.25) is 0 Å². The van der Waals surface area contributed by atoms with Crippen molar-refractivity contribution in [2.24, 2.45) is 0 Å². The van der Waals surface area contributed by atoms with Crippen molar-refractivity contribution in [1.82, 2.24) is 0 Å². The van der Waals surface area contributed by atoms with Crippen molar-refractivity contribution in [2.75, 3.05) is 13.2 Å². The van der Waals surface area contributed by atoms with Crippen LogP contribution in [0.25, 0.3) is 0 Å². The van der Waals surface area contributed by atoms with Crippen molar-refractivity contribution < 1.29 is 9.47 Å². The number of ether oxygens (including phenoxy) is 2. The highest BCUT2D eigenvalue weighted by Gasteiger charge is 2.30. The maximum atomic E-state index is 6.11. The third kappa shape index (κ3) is 8.10. The molecule has 0 rings (SSSR count). The minimum absolute atomic E-state index is 0.294. The van der Waals surface area contributed by atoms with E-state index in [0.29, 0.717) is 0 Å². The van der Waals surface area contributed by atoms with E-state index in [0.717, 1.165) is 38.9 Å². The molecule has 0 aliphatic rings. The first-order chi connectivity index (χ1) is 8.74. The zero-order chi connectivity index (χ0) is 13.7. The minimum atomic E-state index is -0.294. The number of rotatable bonds is 13. The molecule has 0 radical (unpaired) electrons. The van der Waals surface area contributed by atoms with E-state index in [1.54, 1.807) is 0 Å². The fourth-order valence-corrected chi connectivity index (χ4v) is 2.12. The highest BCUT2D eigenvalue weighted by molar-refractivity contribution is 4.71. The first kappa shape index (κ1) is 17.9. The molecular formula is C16H34O2. The predicted molar refractivity (Wildman–Crippen MR) is 78.9 cm³/mol. The van der Waals surface area contributed by atoms with Gasteiger partial charge < -0.3 is 9.47 Å². The molecule has 0 heterocycles. The van der Waals surface area contributed by atoms with Crippen LogP contribution in [0.3, 0.4) is 0 Å². The van der Waals surface area contributed by atoms with Crippen molar-refractivity contribution in [3.8, 4) is 0 Å². The summed E-state index contributed by atoms with van der Waals surface area (Å²) < 4.78 is 12.2. The van der Waals surface area contributed by atoms with E-state index in [-0.39, 0.29) is 5.79 Å². The molecule has 0 aliphatic heterocycles. The number of hydrogen-bond donors (Lipinski definition) is 0. The van der Waals surface area contributed by atoms with Gasteiger partial charge in [0.1, 0.15) is 0 Å². The molecule has 0 aromatic carbocycles. The number of hydrogen-bond acceptors (Lipinski definition) is 2. The lowest BCUT2D eigenvalue weighted by Gasteiger charge is -2.34. The van der Waals surface area contributed by atoms with Gasteiger partial charge in [0.15, 0.2) is 5.79 Å². The molecule has 0 spiro atoms. The van der Waals surface area contributed by atoms with Crippen molar-refractivity contribution in [3.05, 3.63) is 0 Å². The summed E-state index contributed by atoms with van der Waals surface area (Å²) in [6, 6.07) is 0. The van der Waals surface area contributed by atoms with Gasteiger partial charge in [0, 0.05) is 26.1 Å². The molecule has 0 atom stereocenters. The molecule has 2 heteroatoms. The summed E-state index contributed by atoms with van der Waals surface area (Å²) in [7, 11) is 0. The molecule has 110 valence electrons. The van der Waals surface area contributed by atoms with E-state index in [2.05, 4.69) is 27.7 Å². The second-order valence-electron chi connectivity index (χ2n) is 5.17. The Morgan fingerprint density at radius 1 is 0.611 bits per heavy atom. The van der Waals surface area contributed by atoms with Crippen LogP contribution in [0.4, 0.5) is 0 Å². The molecule has 0 aromatic heterocycles. The molecule has 0 unspecified atom stereocenters. The van der Waals surface area contributed by atoms with Crippen molar-refractivity contribution in [3.63, 3.8) is 0 Å². The van der Waals surface area contributed by atoms with E-state index < -0.39 is 0 Å². The molecule has 0 aromatic rings. The maximum Gasteiger partial charge on any atom is 0.168 e. The van der Waals surface area contributed by atoms with Crippen molar-refractivity contribution in [1.29, 1.82) is 0 Å². The molecule has 0 saturated heterocycles. The molecule has 0 amide bonds. The van der Waals surface area contributed by atoms with Crippen LogP contribution in [0, 0.1) is 0 Å². The van der Waals surface area contributed by atoms with Gasteiger partial charge in [0.05, 0.1) is 0 Å². The van der Waals surface area contributed by atoms with Gasteiger partial charge >= 0.3 is 0 Å². The van der Waals surface area contributed by atoms with Crippen LogP contribution >= 0.6 is 0 Å². The summed E-state index contributed by atoms with van der Waals surface area (Å²) in [6.45, 7) is 10.4. The van der Waals surface area contributed by atoms with Gasteiger partial charge in [-0.2, -0.15) is 0 Å². The van der Waals surface area contributed by atoms with Crippen LogP contribution in [0.2, 0.25) is 0 Å². The Bertz CT molecular complexity index is 147. The van der Waals surface area contributed by atoms with E-state index in [4.69, 9.17) is 9.47 Å². The second kappa shape index (κ2) is 12.0. The predicted octanol–water partition coefficient (Wildman–Crippen LogP) is 5.31. The first-order valence-electron chi connectivity index (χ1n) is 8.02. The van der Waals surface area contributed by atoms with Gasteiger partial charge in [-0.1, -0.05) is 47.0 Å². The fraction of sp³-hybridized carbons (Fsp3) is 1.00. The molecule has 0 N–H and O–H groups in total. The average molecular weight is 258 g/mol. The normalized spacial score (nSPS) is 12.0. The third-order valence-corrected chi connectivity index (χ3v) is 3.21. The molecule has 0 saturated carbocycles. The Hall–Kier alpha value is -0.0800.